The van der Waals surface area contributed by atoms with Crippen molar-refractivity contribution in [2.75, 3.05) is 17.3 Å². The van der Waals surface area contributed by atoms with Crippen LogP contribution < -0.4 is 16.4 Å². The summed E-state index contributed by atoms with van der Waals surface area (Å²) >= 11 is 3.30. The number of aromatic nitrogens is 1. The summed E-state index contributed by atoms with van der Waals surface area (Å²) in [6.07, 6.45) is 3.21. The number of urea groups is 1. The van der Waals surface area contributed by atoms with Gasteiger partial charge in [-0.2, -0.15) is 11.8 Å². The average Bonchev–Trinajstić information content (AvgIpc) is 3.08. The lowest BCUT2D eigenvalue weighted by atomic mass is 10.1. The first-order valence-electron chi connectivity index (χ1n) is 8.84. The molecule has 146 valence electrons. The predicted octanol–water partition coefficient (Wildman–Crippen LogP) is 3.62. The molecule has 0 radical (unpaired) electrons. The van der Waals surface area contributed by atoms with Gasteiger partial charge < -0.3 is 16.4 Å². The molecule has 0 bridgehead atoms. The van der Waals surface area contributed by atoms with Crippen LogP contribution in [0.4, 0.5) is 10.5 Å². The normalized spacial score (nSPS) is 11.9. The Balaban J connectivity index is 1.62. The molecule has 0 fully saturated rings. The topological polar surface area (TPSA) is 97.1 Å². The van der Waals surface area contributed by atoms with Crippen LogP contribution in [0.3, 0.4) is 0 Å². The number of nitrogens with zero attached hydrogens (tertiary/aromatic N) is 1. The lowest BCUT2D eigenvalue weighted by Crippen LogP contribution is -2.46. The van der Waals surface area contributed by atoms with E-state index in [2.05, 4.69) is 21.7 Å². The van der Waals surface area contributed by atoms with Crippen LogP contribution >= 0.6 is 23.1 Å². The molecule has 28 heavy (non-hydrogen) atoms. The maximum absolute atomic E-state index is 12.4. The Bertz CT molecular complexity index is 923. The maximum atomic E-state index is 12.4. The molecule has 2 aromatic carbocycles. The lowest BCUT2D eigenvalue weighted by molar-refractivity contribution is -0.117. The van der Waals surface area contributed by atoms with Gasteiger partial charge in [0.2, 0.25) is 5.91 Å². The van der Waals surface area contributed by atoms with Crippen molar-refractivity contribution >= 4 is 50.9 Å². The Labute approximate surface area is 171 Å². The number of hydrogen-bond acceptors (Lipinski definition) is 5. The molecule has 0 spiro atoms. The number of hydrogen-bond donors (Lipinski definition) is 3. The van der Waals surface area contributed by atoms with E-state index >= 15 is 0 Å². The summed E-state index contributed by atoms with van der Waals surface area (Å²) in [7, 11) is 0. The third kappa shape index (κ3) is 5.46. The molecule has 3 amide bonds. The van der Waals surface area contributed by atoms with Crippen LogP contribution in [0.5, 0.6) is 0 Å². The Morgan fingerprint density at radius 3 is 2.61 bits per heavy atom. The number of benzene rings is 2. The summed E-state index contributed by atoms with van der Waals surface area (Å²) in [5.41, 5.74) is 7.99. The summed E-state index contributed by atoms with van der Waals surface area (Å²) in [5.74, 6) is 0.478. The van der Waals surface area contributed by atoms with Crippen LogP contribution in [0.1, 0.15) is 17.0 Å². The van der Waals surface area contributed by atoms with Crippen molar-refractivity contribution in [3.8, 4) is 0 Å². The highest BCUT2D eigenvalue weighted by Gasteiger charge is 2.19. The molecule has 4 N–H and O–H groups in total. The minimum Gasteiger partial charge on any atom is -0.352 e. The second-order valence-corrected chi connectivity index (χ2v) is 8.38. The third-order valence-electron chi connectivity index (χ3n) is 4.16. The van der Waals surface area contributed by atoms with Crippen molar-refractivity contribution in [2.24, 2.45) is 5.73 Å². The van der Waals surface area contributed by atoms with Crippen molar-refractivity contribution < 1.29 is 9.59 Å². The fourth-order valence-corrected chi connectivity index (χ4v) is 4.25. The Morgan fingerprint density at radius 2 is 1.93 bits per heavy atom. The highest BCUT2D eigenvalue weighted by Crippen LogP contribution is 2.24. The van der Waals surface area contributed by atoms with E-state index in [0.29, 0.717) is 12.1 Å². The summed E-state index contributed by atoms with van der Waals surface area (Å²) in [6, 6.07) is 14.4. The standard InChI is InChI=1S/C20H22N4O2S2/c1-27-11-10-16(24-20(21)26)19(25)22-14-8-6-13(7-9-14)12-18-23-15-4-2-3-5-17(15)28-18/h2-9,16H,10-12H2,1H3,(H,22,25)(H3,21,24,26)/t16-/m1/s1. The van der Waals surface area contributed by atoms with E-state index in [1.807, 2.05) is 48.7 Å². The first kappa shape index (κ1) is 20.2. The van der Waals surface area contributed by atoms with Gasteiger partial charge in [0.15, 0.2) is 0 Å². The maximum Gasteiger partial charge on any atom is 0.312 e. The summed E-state index contributed by atoms with van der Waals surface area (Å²) in [4.78, 5) is 28.2. The van der Waals surface area contributed by atoms with Gasteiger partial charge >= 0.3 is 6.03 Å². The largest absolute Gasteiger partial charge is 0.352 e. The van der Waals surface area contributed by atoms with Gasteiger partial charge in [-0.3, -0.25) is 4.79 Å². The molecule has 0 aliphatic carbocycles. The molecule has 0 aliphatic rings. The molecule has 1 atom stereocenters. The molecule has 3 aromatic rings. The van der Waals surface area contributed by atoms with Gasteiger partial charge in [0.05, 0.1) is 15.2 Å². The van der Waals surface area contributed by atoms with Crippen LogP contribution in [0.2, 0.25) is 0 Å². The van der Waals surface area contributed by atoms with Gasteiger partial charge in [0.25, 0.3) is 0 Å². The summed E-state index contributed by atoms with van der Waals surface area (Å²) < 4.78 is 1.18. The van der Waals surface area contributed by atoms with E-state index in [0.717, 1.165) is 28.3 Å². The van der Waals surface area contributed by atoms with Crippen molar-refractivity contribution in [2.45, 2.75) is 18.9 Å². The van der Waals surface area contributed by atoms with Crippen LogP contribution in [0.15, 0.2) is 48.5 Å². The number of anilines is 1. The van der Waals surface area contributed by atoms with Crippen LogP contribution in [0, 0.1) is 0 Å². The van der Waals surface area contributed by atoms with E-state index in [1.165, 1.54) is 4.70 Å². The van der Waals surface area contributed by atoms with Gasteiger partial charge in [-0.1, -0.05) is 24.3 Å². The number of para-hydroxylation sites is 1. The van der Waals surface area contributed by atoms with E-state index in [9.17, 15) is 9.59 Å². The molecule has 0 saturated heterocycles. The van der Waals surface area contributed by atoms with Gasteiger partial charge in [-0.25, -0.2) is 9.78 Å². The van der Waals surface area contributed by atoms with E-state index < -0.39 is 12.1 Å². The minimum absolute atomic E-state index is 0.272. The Hall–Kier alpha value is -2.58. The number of thiazole rings is 1. The fraction of sp³-hybridized carbons (Fsp3) is 0.250. The van der Waals surface area contributed by atoms with E-state index in [1.54, 1.807) is 23.1 Å². The number of carbonyl (C=O) groups is 2. The van der Waals surface area contributed by atoms with Crippen LogP contribution in [-0.4, -0.2) is 35.0 Å². The molecular weight excluding hydrogens is 392 g/mol. The van der Waals surface area contributed by atoms with Crippen molar-refractivity contribution in [3.63, 3.8) is 0 Å². The Morgan fingerprint density at radius 1 is 1.18 bits per heavy atom. The molecule has 8 heteroatoms. The highest BCUT2D eigenvalue weighted by molar-refractivity contribution is 7.98. The van der Waals surface area contributed by atoms with Crippen molar-refractivity contribution in [1.29, 1.82) is 0 Å². The second kappa shape index (κ2) is 9.57. The average molecular weight is 415 g/mol. The Kier molecular flexibility index (Phi) is 6.89. The highest BCUT2D eigenvalue weighted by atomic mass is 32.2. The number of nitrogens with one attached hydrogen (secondary N) is 2. The first-order valence-corrected chi connectivity index (χ1v) is 11.1. The molecular formula is C20H22N4O2S2. The molecule has 6 nitrogen and oxygen atoms in total. The molecule has 3 rings (SSSR count). The summed E-state index contributed by atoms with van der Waals surface area (Å²) in [5, 5.41) is 6.39. The molecule has 1 aromatic heterocycles. The number of thioether (sulfide) groups is 1. The lowest BCUT2D eigenvalue weighted by Gasteiger charge is -2.17. The quantitative estimate of drug-likeness (QED) is 0.524. The van der Waals surface area contributed by atoms with Crippen LogP contribution in [-0.2, 0) is 11.2 Å². The van der Waals surface area contributed by atoms with Gasteiger partial charge in [0, 0.05) is 12.1 Å². The molecule has 0 aliphatic heterocycles. The third-order valence-corrected chi connectivity index (χ3v) is 5.84. The zero-order valence-electron chi connectivity index (χ0n) is 15.5. The minimum atomic E-state index is -0.701. The molecule has 0 unspecified atom stereocenters. The zero-order chi connectivity index (χ0) is 19.9. The predicted molar refractivity (Wildman–Crippen MR) is 117 cm³/mol. The number of rotatable bonds is 8. The first-order chi connectivity index (χ1) is 13.5. The summed E-state index contributed by atoms with van der Waals surface area (Å²) in [6.45, 7) is 0. The molecule has 1 heterocycles. The van der Waals surface area contributed by atoms with Gasteiger partial charge in [-0.05, 0) is 48.3 Å². The monoisotopic (exact) mass is 414 g/mol. The number of carbonyl (C=O) groups excluding carboxylic acids is 2. The van der Waals surface area contributed by atoms with E-state index in [4.69, 9.17) is 5.73 Å². The number of primary amides is 1. The van der Waals surface area contributed by atoms with Crippen molar-refractivity contribution in [1.82, 2.24) is 10.3 Å². The second-order valence-electron chi connectivity index (χ2n) is 6.28. The van der Waals surface area contributed by atoms with E-state index in [-0.39, 0.29) is 5.91 Å². The smallest absolute Gasteiger partial charge is 0.312 e. The number of amides is 3. The van der Waals surface area contributed by atoms with Gasteiger partial charge in [-0.15, -0.1) is 11.3 Å². The van der Waals surface area contributed by atoms with Crippen LogP contribution in [0.25, 0.3) is 10.2 Å². The fourth-order valence-electron chi connectivity index (χ4n) is 2.78. The van der Waals surface area contributed by atoms with Crippen molar-refractivity contribution in [3.05, 3.63) is 59.1 Å². The number of nitrogens with two attached hydrogens (primary N) is 1. The van der Waals surface area contributed by atoms with Gasteiger partial charge in [0.1, 0.15) is 6.04 Å². The number of fused-ring (bicyclic) bond motifs is 1. The molecule has 0 saturated carbocycles. The SMILES string of the molecule is CSCC[C@@H](NC(N)=O)C(=O)Nc1ccc(Cc2nc3ccccc3s2)cc1. The zero-order valence-corrected chi connectivity index (χ0v) is 17.1.